The number of nitrogens with one attached hydrogen (secondary N) is 1. The highest BCUT2D eigenvalue weighted by atomic mass is 15.1. The van der Waals surface area contributed by atoms with E-state index in [1.54, 1.807) is 0 Å². The minimum absolute atomic E-state index is 0.157. The van der Waals surface area contributed by atoms with E-state index in [2.05, 4.69) is 17.0 Å². The Hall–Kier alpha value is -1.51. The molecule has 3 nitrogen and oxygen atoms in total. The van der Waals surface area contributed by atoms with Gasteiger partial charge in [-0.2, -0.15) is 0 Å². The van der Waals surface area contributed by atoms with Gasteiger partial charge in [-0.25, -0.2) is 0 Å². The number of nitrogens with two attached hydrogens (primary N) is 1. The second-order valence-electron chi connectivity index (χ2n) is 4.81. The molecule has 0 saturated carbocycles. The molecule has 0 spiro atoms. The van der Waals surface area contributed by atoms with Crippen LogP contribution in [0.25, 0.3) is 0 Å². The summed E-state index contributed by atoms with van der Waals surface area (Å²) in [4.78, 5) is 2.45. The smallest absolute Gasteiger partial charge is 0.123 e. The van der Waals surface area contributed by atoms with Crippen LogP contribution < -0.4 is 10.6 Å². The van der Waals surface area contributed by atoms with Crippen LogP contribution in [-0.4, -0.2) is 18.9 Å². The van der Waals surface area contributed by atoms with Crippen molar-refractivity contribution in [2.24, 2.45) is 5.73 Å². The molecule has 0 bridgehead atoms. The van der Waals surface area contributed by atoms with Crippen LogP contribution in [0.4, 0.5) is 5.69 Å². The fourth-order valence-electron chi connectivity index (χ4n) is 2.48. The van der Waals surface area contributed by atoms with Crippen LogP contribution in [0.1, 0.15) is 36.8 Å². The van der Waals surface area contributed by atoms with Crippen molar-refractivity contribution >= 4 is 11.5 Å². The largest absolute Gasteiger partial charge is 0.384 e. The van der Waals surface area contributed by atoms with Crippen molar-refractivity contribution in [2.75, 3.05) is 18.0 Å². The van der Waals surface area contributed by atoms with Gasteiger partial charge in [0.1, 0.15) is 5.84 Å². The van der Waals surface area contributed by atoms with Gasteiger partial charge in [-0.05, 0) is 43.5 Å². The van der Waals surface area contributed by atoms with Crippen molar-refractivity contribution in [2.45, 2.75) is 32.6 Å². The fourth-order valence-corrected chi connectivity index (χ4v) is 2.48. The summed E-state index contributed by atoms with van der Waals surface area (Å²) < 4.78 is 0. The van der Waals surface area contributed by atoms with Gasteiger partial charge in [0.05, 0.1) is 0 Å². The number of nitrogens with zero attached hydrogens (tertiary/aromatic N) is 1. The van der Waals surface area contributed by atoms with Gasteiger partial charge in [0.2, 0.25) is 0 Å². The third kappa shape index (κ3) is 2.78. The zero-order valence-electron chi connectivity index (χ0n) is 10.5. The van der Waals surface area contributed by atoms with E-state index < -0.39 is 0 Å². The molecule has 92 valence electrons. The number of rotatable bonds is 2. The molecule has 0 aromatic heterocycles. The number of aryl methyl sites for hydroxylation is 1. The minimum atomic E-state index is 0.157. The van der Waals surface area contributed by atoms with E-state index in [1.807, 2.05) is 13.0 Å². The van der Waals surface area contributed by atoms with Crippen LogP contribution in [-0.2, 0) is 0 Å². The molecule has 17 heavy (non-hydrogen) atoms. The third-order valence-corrected chi connectivity index (χ3v) is 3.47. The Labute approximate surface area is 103 Å². The van der Waals surface area contributed by atoms with Crippen LogP contribution in [0.3, 0.4) is 0 Å². The van der Waals surface area contributed by atoms with Gasteiger partial charge in [-0.15, -0.1) is 0 Å². The molecule has 1 aliphatic heterocycles. The molecule has 1 heterocycles. The normalized spacial score (nSPS) is 16.6. The van der Waals surface area contributed by atoms with Crippen LogP contribution >= 0.6 is 0 Å². The zero-order valence-corrected chi connectivity index (χ0v) is 10.5. The van der Waals surface area contributed by atoms with Gasteiger partial charge < -0.3 is 10.6 Å². The van der Waals surface area contributed by atoms with Gasteiger partial charge in [0.25, 0.3) is 0 Å². The molecular formula is C14H21N3. The summed E-state index contributed by atoms with van der Waals surface area (Å²) in [6, 6.07) is 6.22. The van der Waals surface area contributed by atoms with E-state index in [4.69, 9.17) is 11.1 Å². The van der Waals surface area contributed by atoms with Crippen molar-refractivity contribution in [1.29, 1.82) is 5.41 Å². The van der Waals surface area contributed by atoms with Crippen molar-refractivity contribution in [3.8, 4) is 0 Å². The van der Waals surface area contributed by atoms with Crippen LogP contribution in [0.2, 0.25) is 0 Å². The van der Waals surface area contributed by atoms with E-state index in [0.717, 1.165) is 24.2 Å². The van der Waals surface area contributed by atoms with E-state index in [0.29, 0.717) is 0 Å². The zero-order chi connectivity index (χ0) is 12.3. The first-order valence-corrected chi connectivity index (χ1v) is 6.38. The molecule has 0 amide bonds. The quantitative estimate of drug-likeness (QED) is 0.607. The Kier molecular flexibility index (Phi) is 3.67. The maximum absolute atomic E-state index is 7.49. The highest BCUT2D eigenvalue weighted by Crippen LogP contribution is 2.22. The summed E-state index contributed by atoms with van der Waals surface area (Å²) in [6.07, 6.45) is 5.27. The average Bonchev–Trinajstić information content (AvgIpc) is 2.56. The standard InChI is InChI=1S/C14H21N3/c1-11-10-12(6-7-13(11)14(15)16)17-8-4-2-3-5-9-17/h6-7,10H,2-5,8-9H2,1H3,(H3,15,16). The molecule has 1 aromatic rings. The lowest BCUT2D eigenvalue weighted by Crippen LogP contribution is -2.24. The molecule has 1 aromatic carbocycles. The lowest BCUT2D eigenvalue weighted by Gasteiger charge is -2.23. The molecule has 2 rings (SSSR count). The first kappa shape index (κ1) is 12.0. The third-order valence-electron chi connectivity index (χ3n) is 3.47. The summed E-state index contributed by atoms with van der Waals surface area (Å²) in [6.45, 7) is 4.33. The van der Waals surface area contributed by atoms with Gasteiger partial charge in [-0.3, -0.25) is 5.41 Å². The summed E-state index contributed by atoms with van der Waals surface area (Å²) in [7, 11) is 0. The monoisotopic (exact) mass is 231 g/mol. The molecule has 1 fully saturated rings. The Bertz CT molecular complexity index is 404. The minimum Gasteiger partial charge on any atom is -0.384 e. The van der Waals surface area contributed by atoms with Crippen molar-refractivity contribution in [1.82, 2.24) is 0 Å². The topological polar surface area (TPSA) is 53.1 Å². The van der Waals surface area contributed by atoms with E-state index >= 15 is 0 Å². The number of amidine groups is 1. The second-order valence-corrected chi connectivity index (χ2v) is 4.81. The van der Waals surface area contributed by atoms with Gasteiger partial charge >= 0.3 is 0 Å². The molecule has 0 radical (unpaired) electrons. The highest BCUT2D eigenvalue weighted by Gasteiger charge is 2.11. The number of hydrogen-bond donors (Lipinski definition) is 2. The van der Waals surface area contributed by atoms with E-state index in [-0.39, 0.29) is 5.84 Å². The lowest BCUT2D eigenvalue weighted by atomic mass is 10.1. The Morgan fingerprint density at radius 1 is 1.18 bits per heavy atom. The summed E-state index contributed by atoms with van der Waals surface area (Å²) >= 11 is 0. The van der Waals surface area contributed by atoms with Crippen molar-refractivity contribution in [3.05, 3.63) is 29.3 Å². The number of nitrogen functional groups attached to an aromatic ring is 1. The number of anilines is 1. The first-order chi connectivity index (χ1) is 8.18. The van der Waals surface area contributed by atoms with Crippen LogP contribution in [0.15, 0.2) is 18.2 Å². The summed E-state index contributed by atoms with van der Waals surface area (Å²) in [5.41, 5.74) is 8.76. The predicted octanol–water partition coefficient (Wildman–Crippen LogP) is 2.66. The SMILES string of the molecule is Cc1cc(N2CCCCCC2)ccc1C(=N)N. The molecular weight excluding hydrogens is 210 g/mol. The molecule has 0 unspecified atom stereocenters. The molecule has 0 atom stereocenters. The van der Waals surface area contributed by atoms with Gasteiger partial charge in [0.15, 0.2) is 0 Å². The molecule has 0 aliphatic carbocycles. The Morgan fingerprint density at radius 2 is 1.82 bits per heavy atom. The van der Waals surface area contributed by atoms with Crippen molar-refractivity contribution < 1.29 is 0 Å². The second kappa shape index (κ2) is 5.21. The van der Waals surface area contributed by atoms with Crippen LogP contribution in [0, 0.1) is 12.3 Å². The summed E-state index contributed by atoms with van der Waals surface area (Å²) in [5, 5.41) is 7.49. The van der Waals surface area contributed by atoms with Crippen LogP contribution in [0.5, 0.6) is 0 Å². The molecule has 1 saturated heterocycles. The lowest BCUT2D eigenvalue weighted by molar-refractivity contribution is 0.726. The maximum atomic E-state index is 7.49. The van der Waals surface area contributed by atoms with E-state index in [9.17, 15) is 0 Å². The van der Waals surface area contributed by atoms with Crippen molar-refractivity contribution in [3.63, 3.8) is 0 Å². The summed E-state index contributed by atoms with van der Waals surface area (Å²) in [5.74, 6) is 0.157. The van der Waals surface area contributed by atoms with Gasteiger partial charge in [0, 0.05) is 24.3 Å². The Morgan fingerprint density at radius 3 is 2.35 bits per heavy atom. The fraction of sp³-hybridized carbons (Fsp3) is 0.500. The highest BCUT2D eigenvalue weighted by molar-refractivity contribution is 5.96. The van der Waals surface area contributed by atoms with E-state index in [1.165, 1.54) is 31.4 Å². The molecule has 3 N–H and O–H groups in total. The number of benzene rings is 1. The average molecular weight is 231 g/mol. The van der Waals surface area contributed by atoms with Gasteiger partial charge in [-0.1, -0.05) is 12.8 Å². The predicted molar refractivity (Wildman–Crippen MR) is 72.9 cm³/mol. The molecule has 1 aliphatic rings. The maximum Gasteiger partial charge on any atom is 0.123 e. The Balaban J connectivity index is 2.21. The first-order valence-electron chi connectivity index (χ1n) is 6.38. The molecule has 3 heteroatoms. The number of hydrogen-bond acceptors (Lipinski definition) is 2.